The molecule has 6 nitrogen and oxygen atoms in total. The zero-order valence-corrected chi connectivity index (χ0v) is 16.0. The second kappa shape index (κ2) is 8.19. The average Bonchev–Trinajstić information content (AvgIpc) is 3.25. The van der Waals surface area contributed by atoms with E-state index in [0.29, 0.717) is 18.1 Å². The van der Waals surface area contributed by atoms with Crippen LogP contribution in [0.2, 0.25) is 0 Å². The highest BCUT2D eigenvalue weighted by Crippen LogP contribution is 2.26. The molecule has 0 spiro atoms. The minimum atomic E-state index is -0.324. The molecule has 1 unspecified atom stereocenters. The third kappa shape index (κ3) is 5.14. The molecule has 1 aromatic heterocycles. The van der Waals surface area contributed by atoms with Crippen molar-refractivity contribution in [1.29, 1.82) is 0 Å². The average molecular weight is 375 g/mol. The van der Waals surface area contributed by atoms with E-state index < -0.39 is 0 Å². The van der Waals surface area contributed by atoms with Crippen LogP contribution in [0.5, 0.6) is 0 Å². The summed E-state index contributed by atoms with van der Waals surface area (Å²) >= 11 is 0. The summed E-state index contributed by atoms with van der Waals surface area (Å²) in [6, 6.07) is 7.81. The molecule has 1 aliphatic rings. The van der Waals surface area contributed by atoms with E-state index in [-0.39, 0.29) is 29.9 Å². The zero-order valence-electron chi connectivity index (χ0n) is 16.0. The highest BCUT2D eigenvalue weighted by Gasteiger charge is 2.22. The molecule has 0 bridgehead atoms. The predicted octanol–water partition coefficient (Wildman–Crippen LogP) is 3.44. The lowest BCUT2D eigenvalue weighted by Gasteiger charge is -2.14. The number of hydrogen-bond donors (Lipinski definition) is 1. The Kier molecular flexibility index (Phi) is 5.92. The number of carbonyl (C=O) groups is 1. The second-order valence-electron chi connectivity index (χ2n) is 7.75. The smallest absolute Gasteiger partial charge is 0.251 e. The standard InChI is InChI=1S/C20H26FN3O3/c1-20(2,3)17-11-18(24(23-17)15-8-6-14(21)7-9-15)22-19(25)13-26-12-16-5-4-10-27-16/h6-9,11,16H,4-5,10,12-13H2,1-3H3,(H,22,25). The summed E-state index contributed by atoms with van der Waals surface area (Å²) in [5.74, 6) is -0.0657. The third-order valence-electron chi connectivity index (χ3n) is 4.38. The van der Waals surface area contributed by atoms with Crippen LogP contribution in [0.25, 0.3) is 5.69 Å². The molecular formula is C20H26FN3O3. The largest absolute Gasteiger partial charge is 0.376 e. The van der Waals surface area contributed by atoms with Gasteiger partial charge in [0.25, 0.3) is 5.91 Å². The molecule has 0 aliphatic carbocycles. The van der Waals surface area contributed by atoms with Crippen LogP contribution in [0.1, 0.15) is 39.3 Å². The molecule has 1 amide bonds. The van der Waals surface area contributed by atoms with Crippen LogP contribution >= 0.6 is 0 Å². The van der Waals surface area contributed by atoms with Gasteiger partial charge in [-0.2, -0.15) is 5.10 Å². The number of rotatable bonds is 6. The van der Waals surface area contributed by atoms with Crippen LogP contribution in [-0.4, -0.2) is 41.6 Å². The summed E-state index contributed by atoms with van der Waals surface area (Å²) in [5.41, 5.74) is 1.30. The van der Waals surface area contributed by atoms with Gasteiger partial charge in [-0.3, -0.25) is 4.79 Å². The van der Waals surface area contributed by atoms with Crippen molar-refractivity contribution in [2.45, 2.75) is 45.1 Å². The lowest BCUT2D eigenvalue weighted by atomic mass is 9.92. The highest BCUT2D eigenvalue weighted by molar-refractivity contribution is 5.91. The molecule has 2 heterocycles. The van der Waals surface area contributed by atoms with Gasteiger partial charge >= 0.3 is 0 Å². The topological polar surface area (TPSA) is 65.4 Å². The summed E-state index contributed by atoms with van der Waals surface area (Å²) in [6.45, 7) is 7.24. The summed E-state index contributed by atoms with van der Waals surface area (Å²) in [4.78, 5) is 12.3. The van der Waals surface area contributed by atoms with E-state index in [2.05, 4.69) is 10.4 Å². The maximum atomic E-state index is 13.2. The van der Waals surface area contributed by atoms with Crippen LogP contribution in [0.15, 0.2) is 30.3 Å². The Morgan fingerprint density at radius 3 is 2.74 bits per heavy atom. The molecular weight excluding hydrogens is 349 g/mol. The van der Waals surface area contributed by atoms with Crippen LogP contribution in [-0.2, 0) is 19.7 Å². The number of aromatic nitrogens is 2. The second-order valence-corrected chi connectivity index (χ2v) is 7.75. The lowest BCUT2D eigenvalue weighted by Crippen LogP contribution is -2.23. The maximum absolute atomic E-state index is 13.2. The molecule has 1 aliphatic heterocycles. The molecule has 1 saturated heterocycles. The number of hydrogen-bond acceptors (Lipinski definition) is 4. The van der Waals surface area contributed by atoms with E-state index in [1.54, 1.807) is 16.8 Å². The Labute approximate surface area is 158 Å². The van der Waals surface area contributed by atoms with E-state index in [0.717, 1.165) is 25.1 Å². The molecule has 0 radical (unpaired) electrons. The summed E-state index contributed by atoms with van der Waals surface area (Å²) in [5, 5.41) is 7.44. The van der Waals surface area contributed by atoms with Gasteiger partial charge in [-0.15, -0.1) is 0 Å². The molecule has 7 heteroatoms. The molecule has 1 aromatic carbocycles. The van der Waals surface area contributed by atoms with Gasteiger partial charge in [-0.25, -0.2) is 9.07 Å². The fourth-order valence-electron chi connectivity index (χ4n) is 2.85. The van der Waals surface area contributed by atoms with E-state index in [9.17, 15) is 9.18 Å². The van der Waals surface area contributed by atoms with Crippen molar-refractivity contribution in [2.24, 2.45) is 0 Å². The zero-order chi connectivity index (χ0) is 19.4. The van der Waals surface area contributed by atoms with Gasteiger partial charge in [0.05, 0.1) is 24.1 Å². The highest BCUT2D eigenvalue weighted by atomic mass is 19.1. The van der Waals surface area contributed by atoms with Crippen LogP contribution in [0, 0.1) is 5.82 Å². The quantitative estimate of drug-likeness (QED) is 0.840. The maximum Gasteiger partial charge on any atom is 0.251 e. The molecule has 1 N–H and O–H groups in total. The SMILES string of the molecule is CC(C)(C)c1cc(NC(=O)COCC2CCCO2)n(-c2ccc(F)cc2)n1. The van der Waals surface area contributed by atoms with Crippen LogP contribution < -0.4 is 5.32 Å². The molecule has 27 heavy (non-hydrogen) atoms. The predicted molar refractivity (Wildman–Crippen MR) is 101 cm³/mol. The van der Waals surface area contributed by atoms with Crippen LogP contribution in [0.3, 0.4) is 0 Å². The Morgan fingerprint density at radius 2 is 2.11 bits per heavy atom. The van der Waals surface area contributed by atoms with Gasteiger partial charge in [-0.05, 0) is 37.1 Å². The Morgan fingerprint density at radius 1 is 1.37 bits per heavy atom. The molecule has 1 atom stereocenters. The summed E-state index contributed by atoms with van der Waals surface area (Å²) < 4.78 is 25.8. The van der Waals surface area contributed by atoms with E-state index in [4.69, 9.17) is 9.47 Å². The number of carbonyl (C=O) groups excluding carboxylic acids is 1. The van der Waals surface area contributed by atoms with E-state index in [1.807, 2.05) is 26.8 Å². The van der Waals surface area contributed by atoms with Crippen molar-refractivity contribution in [3.8, 4) is 5.69 Å². The molecule has 2 aromatic rings. The Hall–Kier alpha value is -2.25. The van der Waals surface area contributed by atoms with Crippen molar-refractivity contribution in [3.63, 3.8) is 0 Å². The minimum Gasteiger partial charge on any atom is -0.376 e. The number of halogens is 1. The number of benzene rings is 1. The first-order chi connectivity index (χ1) is 12.8. The van der Waals surface area contributed by atoms with Gasteiger partial charge in [0, 0.05) is 18.1 Å². The van der Waals surface area contributed by atoms with Gasteiger partial charge in [0.2, 0.25) is 0 Å². The summed E-state index contributed by atoms with van der Waals surface area (Å²) in [6.07, 6.45) is 2.08. The minimum absolute atomic E-state index is 0.0562. The number of nitrogens with one attached hydrogen (secondary N) is 1. The number of nitrogens with zero attached hydrogens (tertiary/aromatic N) is 2. The van der Waals surface area contributed by atoms with Crippen molar-refractivity contribution in [2.75, 3.05) is 25.1 Å². The first kappa shape index (κ1) is 19.5. The molecule has 3 rings (SSSR count). The van der Waals surface area contributed by atoms with Gasteiger partial charge in [-0.1, -0.05) is 20.8 Å². The fourth-order valence-corrected chi connectivity index (χ4v) is 2.85. The van der Waals surface area contributed by atoms with Gasteiger partial charge in [0.1, 0.15) is 18.2 Å². The van der Waals surface area contributed by atoms with Crippen molar-refractivity contribution in [3.05, 3.63) is 41.8 Å². The number of amides is 1. The van der Waals surface area contributed by atoms with E-state index in [1.165, 1.54) is 12.1 Å². The first-order valence-electron chi connectivity index (χ1n) is 9.18. The molecule has 0 saturated carbocycles. The molecule has 146 valence electrons. The first-order valence-corrected chi connectivity index (χ1v) is 9.18. The number of ether oxygens (including phenoxy) is 2. The van der Waals surface area contributed by atoms with E-state index >= 15 is 0 Å². The fraction of sp³-hybridized carbons (Fsp3) is 0.500. The summed E-state index contributed by atoms with van der Waals surface area (Å²) in [7, 11) is 0. The van der Waals surface area contributed by atoms with Gasteiger partial charge < -0.3 is 14.8 Å². The monoisotopic (exact) mass is 375 g/mol. The van der Waals surface area contributed by atoms with Crippen molar-refractivity contribution < 1.29 is 18.7 Å². The Balaban J connectivity index is 1.71. The van der Waals surface area contributed by atoms with Crippen molar-refractivity contribution in [1.82, 2.24) is 9.78 Å². The Bertz CT molecular complexity index is 775. The third-order valence-corrected chi connectivity index (χ3v) is 4.38. The molecule has 1 fully saturated rings. The van der Waals surface area contributed by atoms with Crippen LogP contribution in [0.4, 0.5) is 10.2 Å². The normalized spacial score (nSPS) is 17.3. The van der Waals surface area contributed by atoms with Gasteiger partial charge in [0.15, 0.2) is 0 Å². The lowest BCUT2D eigenvalue weighted by molar-refractivity contribution is -0.121. The number of anilines is 1. The van der Waals surface area contributed by atoms with Crippen molar-refractivity contribution >= 4 is 11.7 Å².